The van der Waals surface area contributed by atoms with Gasteiger partial charge >= 0.3 is 0 Å². The van der Waals surface area contributed by atoms with Gasteiger partial charge in [0, 0.05) is 44.5 Å². The molecule has 1 fully saturated rings. The number of carbonyl (C=O) groups is 1. The fourth-order valence-electron chi connectivity index (χ4n) is 3.83. The molecule has 1 aromatic heterocycles. The average Bonchev–Trinajstić information content (AvgIpc) is 3.25. The van der Waals surface area contributed by atoms with Gasteiger partial charge < -0.3 is 14.7 Å². The van der Waals surface area contributed by atoms with E-state index in [1.807, 2.05) is 66.6 Å². The van der Waals surface area contributed by atoms with Crippen molar-refractivity contribution in [1.82, 2.24) is 19.6 Å². The second kappa shape index (κ2) is 9.32. The Balaban J connectivity index is 1.69. The van der Waals surface area contributed by atoms with Crippen molar-refractivity contribution in [3.8, 4) is 22.7 Å². The van der Waals surface area contributed by atoms with Crippen molar-refractivity contribution in [3.63, 3.8) is 0 Å². The van der Waals surface area contributed by atoms with Gasteiger partial charge in [0.15, 0.2) is 0 Å². The molecule has 3 aromatic rings. The number of ether oxygens (including phenoxy) is 1. The van der Waals surface area contributed by atoms with E-state index in [0.29, 0.717) is 30.9 Å². The Labute approximate surface area is 182 Å². The fourth-order valence-corrected chi connectivity index (χ4v) is 3.83. The van der Waals surface area contributed by atoms with Gasteiger partial charge in [-0.2, -0.15) is 5.10 Å². The lowest BCUT2D eigenvalue weighted by molar-refractivity contribution is 0.0615. The van der Waals surface area contributed by atoms with Crippen molar-refractivity contribution in [2.24, 2.45) is 0 Å². The summed E-state index contributed by atoms with van der Waals surface area (Å²) >= 11 is 0. The second-order valence-corrected chi connectivity index (χ2v) is 7.76. The summed E-state index contributed by atoms with van der Waals surface area (Å²) in [6.45, 7) is 5.59. The first-order chi connectivity index (χ1) is 15.1. The normalized spacial score (nSPS) is 14.6. The number of aliphatic hydroxyl groups is 1. The minimum atomic E-state index is -0.0279. The van der Waals surface area contributed by atoms with Crippen molar-refractivity contribution >= 4 is 5.91 Å². The zero-order valence-corrected chi connectivity index (χ0v) is 18.0. The first-order valence-corrected chi connectivity index (χ1v) is 10.5. The predicted octanol–water partition coefficient (Wildman–Crippen LogP) is 2.61. The molecule has 1 amide bonds. The van der Waals surface area contributed by atoms with Crippen molar-refractivity contribution < 1.29 is 14.6 Å². The lowest BCUT2D eigenvalue weighted by atomic mass is 10.1. The number of methoxy groups -OCH3 is 1. The highest BCUT2D eigenvalue weighted by Crippen LogP contribution is 2.28. The third-order valence-corrected chi connectivity index (χ3v) is 5.66. The minimum absolute atomic E-state index is 0.0279. The van der Waals surface area contributed by atoms with Crippen LogP contribution in [0.1, 0.15) is 15.9 Å². The maximum Gasteiger partial charge on any atom is 0.257 e. The molecule has 4 rings (SSSR count). The van der Waals surface area contributed by atoms with E-state index >= 15 is 0 Å². The van der Waals surface area contributed by atoms with Crippen LogP contribution in [-0.4, -0.2) is 77.0 Å². The highest BCUT2D eigenvalue weighted by molar-refractivity contribution is 6.00. The van der Waals surface area contributed by atoms with Gasteiger partial charge in [-0.1, -0.05) is 29.8 Å². The molecule has 0 saturated carbocycles. The first-order valence-electron chi connectivity index (χ1n) is 10.5. The van der Waals surface area contributed by atoms with Gasteiger partial charge in [-0.25, -0.2) is 4.68 Å². The topological polar surface area (TPSA) is 70.8 Å². The summed E-state index contributed by atoms with van der Waals surface area (Å²) < 4.78 is 7.14. The molecule has 1 saturated heterocycles. The number of piperazine rings is 1. The van der Waals surface area contributed by atoms with Crippen LogP contribution in [-0.2, 0) is 0 Å². The van der Waals surface area contributed by atoms with Gasteiger partial charge in [-0.05, 0) is 31.2 Å². The van der Waals surface area contributed by atoms with Crippen LogP contribution in [0.25, 0.3) is 16.9 Å². The van der Waals surface area contributed by atoms with Crippen molar-refractivity contribution in [2.75, 3.05) is 46.4 Å². The van der Waals surface area contributed by atoms with E-state index in [-0.39, 0.29) is 12.5 Å². The summed E-state index contributed by atoms with van der Waals surface area (Å²) in [5, 5.41) is 13.9. The Bertz CT molecular complexity index is 1040. The van der Waals surface area contributed by atoms with E-state index in [9.17, 15) is 4.79 Å². The molecule has 0 atom stereocenters. The number of aliphatic hydroxyl groups excluding tert-OH is 1. The summed E-state index contributed by atoms with van der Waals surface area (Å²) in [7, 11) is 1.63. The Morgan fingerprint density at radius 3 is 2.52 bits per heavy atom. The van der Waals surface area contributed by atoms with Crippen molar-refractivity contribution in [3.05, 3.63) is 65.9 Å². The zero-order valence-electron chi connectivity index (χ0n) is 18.0. The molecule has 1 aliphatic heterocycles. The van der Waals surface area contributed by atoms with Crippen molar-refractivity contribution in [1.29, 1.82) is 0 Å². The predicted molar refractivity (Wildman–Crippen MR) is 120 cm³/mol. The number of β-amino-alcohol motifs (C(OH)–C–C–N with tert-alkyl or cyclic N) is 1. The molecule has 2 heterocycles. The number of carbonyl (C=O) groups excluding carboxylic acids is 1. The lowest BCUT2D eigenvalue weighted by Crippen LogP contribution is -2.49. The molecule has 31 heavy (non-hydrogen) atoms. The highest BCUT2D eigenvalue weighted by Gasteiger charge is 2.26. The molecule has 7 nitrogen and oxygen atoms in total. The number of aromatic nitrogens is 2. The molecular formula is C24H28N4O3. The Kier molecular flexibility index (Phi) is 6.34. The maximum atomic E-state index is 13.5. The van der Waals surface area contributed by atoms with Crippen LogP contribution >= 0.6 is 0 Å². The van der Waals surface area contributed by atoms with E-state index in [0.717, 1.165) is 30.1 Å². The molecule has 0 bridgehead atoms. The molecule has 0 radical (unpaired) electrons. The van der Waals surface area contributed by atoms with Crippen LogP contribution < -0.4 is 4.74 Å². The molecule has 7 heteroatoms. The van der Waals surface area contributed by atoms with Gasteiger partial charge in [-0.3, -0.25) is 9.69 Å². The molecule has 0 unspecified atom stereocenters. The van der Waals surface area contributed by atoms with Crippen LogP contribution in [0, 0.1) is 6.92 Å². The van der Waals surface area contributed by atoms with E-state index in [1.165, 1.54) is 5.56 Å². The summed E-state index contributed by atoms with van der Waals surface area (Å²) in [6.07, 6.45) is 1.82. The number of amides is 1. The SMILES string of the molecule is COc1cccc(-c2nn(-c3ccc(C)cc3)cc2C(=O)N2CCN(CCO)CC2)c1. The molecular weight excluding hydrogens is 392 g/mol. The smallest absolute Gasteiger partial charge is 0.257 e. The summed E-state index contributed by atoms with van der Waals surface area (Å²) in [5.74, 6) is 0.693. The molecule has 1 N–H and O–H groups in total. The Hall–Kier alpha value is -3.16. The fraction of sp³-hybridized carbons (Fsp3) is 0.333. The monoisotopic (exact) mass is 420 g/mol. The van der Waals surface area contributed by atoms with Crippen LogP contribution in [0.4, 0.5) is 0 Å². The second-order valence-electron chi connectivity index (χ2n) is 7.76. The number of hydrogen-bond donors (Lipinski definition) is 1. The van der Waals surface area contributed by atoms with Gasteiger partial charge in [0.1, 0.15) is 11.4 Å². The first kappa shape index (κ1) is 21.1. The molecule has 2 aromatic carbocycles. The van der Waals surface area contributed by atoms with Crippen LogP contribution in [0.3, 0.4) is 0 Å². The molecule has 1 aliphatic rings. The van der Waals surface area contributed by atoms with Gasteiger partial charge in [0.05, 0.1) is 25.0 Å². The van der Waals surface area contributed by atoms with Gasteiger partial charge in [-0.15, -0.1) is 0 Å². The molecule has 162 valence electrons. The zero-order chi connectivity index (χ0) is 21.8. The quantitative estimate of drug-likeness (QED) is 0.664. The number of benzene rings is 2. The average molecular weight is 421 g/mol. The molecule has 0 aliphatic carbocycles. The van der Waals surface area contributed by atoms with E-state index in [4.69, 9.17) is 14.9 Å². The summed E-state index contributed by atoms with van der Waals surface area (Å²) in [5.41, 5.74) is 4.13. The van der Waals surface area contributed by atoms with Gasteiger partial charge in [0.25, 0.3) is 5.91 Å². The lowest BCUT2D eigenvalue weighted by Gasteiger charge is -2.34. The number of nitrogens with zero attached hydrogens (tertiary/aromatic N) is 4. The standard InChI is InChI=1S/C24H28N4O3/c1-18-6-8-20(9-7-18)28-17-22(23(25-28)19-4-3-5-21(16-19)31-2)24(30)27-12-10-26(11-13-27)14-15-29/h3-9,16-17,29H,10-15H2,1-2H3. The Morgan fingerprint density at radius 1 is 1.10 bits per heavy atom. The Morgan fingerprint density at radius 2 is 1.84 bits per heavy atom. The molecule has 0 spiro atoms. The third-order valence-electron chi connectivity index (χ3n) is 5.66. The van der Waals surface area contributed by atoms with Crippen molar-refractivity contribution in [2.45, 2.75) is 6.92 Å². The van der Waals surface area contributed by atoms with Crippen LogP contribution in [0.2, 0.25) is 0 Å². The van der Waals surface area contributed by atoms with Crippen LogP contribution in [0.5, 0.6) is 5.75 Å². The van der Waals surface area contributed by atoms with Gasteiger partial charge in [0.2, 0.25) is 0 Å². The van der Waals surface area contributed by atoms with E-state index < -0.39 is 0 Å². The summed E-state index contributed by atoms with van der Waals surface area (Å²) in [6, 6.07) is 15.7. The largest absolute Gasteiger partial charge is 0.497 e. The maximum absolute atomic E-state index is 13.5. The number of rotatable bonds is 6. The summed E-state index contributed by atoms with van der Waals surface area (Å²) in [4.78, 5) is 17.5. The number of hydrogen-bond acceptors (Lipinski definition) is 5. The number of aryl methyl sites for hydroxylation is 1. The third kappa shape index (κ3) is 4.62. The van der Waals surface area contributed by atoms with Crippen LogP contribution in [0.15, 0.2) is 54.7 Å². The van der Waals surface area contributed by atoms with E-state index in [1.54, 1.807) is 11.8 Å². The minimum Gasteiger partial charge on any atom is -0.497 e. The highest BCUT2D eigenvalue weighted by atomic mass is 16.5. The van der Waals surface area contributed by atoms with E-state index in [2.05, 4.69) is 4.90 Å².